The van der Waals surface area contributed by atoms with Gasteiger partial charge in [-0.1, -0.05) is 0 Å². The van der Waals surface area contributed by atoms with Crippen molar-refractivity contribution in [3.8, 4) is 0 Å². The third-order valence-corrected chi connectivity index (χ3v) is 0.614. The van der Waals surface area contributed by atoms with Crippen molar-refractivity contribution in [1.29, 1.82) is 0 Å². The first-order valence-electron chi connectivity index (χ1n) is 1.75. The molecule has 0 aliphatic carbocycles. The van der Waals surface area contributed by atoms with Crippen molar-refractivity contribution in [2.24, 2.45) is 0 Å². The lowest BCUT2D eigenvalue weighted by atomic mass is 10.9. The van der Waals surface area contributed by atoms with Gasteiger partial charge >= 0.3 is 0 Å². The quantitative estimate of drug-likeness (QED) is 0.415. The van der Waals surface area contributed by atoms with Crippen LogP contribution in [0.25, 0.3) is 0 Å². The van der Waals surface area contributed by atoms with Crippen LogP contribution in [0.5, 0.6) is 0 Å². The number of hydrogen-bond acceptors (Lipinski definition) is 3. The molecule has 0 heterocycles. The van der Waals surface area contributed by atoms with E-state index in [4.69, 9.17) is 4.74 Å². The topological polar surface area (TPSA) is 9.23 Å². The molecule has 6 heavy (non-hydrogen) atoms. The van der Waals surface area contributed by atoms with Crippen molar-refractivity contribution in [2.75, 3.05) is 6.61 Å². The van der Waals surface area contributed by atoms with Crippen molar-refractivity contribution in [1.82, 2.24) is 0 Å². The van der Waals surface area contributed by atoms with E-state index in [0.29, 0.717) is 6.61 Å². The Hall–Kier alpha value is 0.660. The molecule has 0 atom stereocenters. The standard InChI is InChI=1S/C3H8OS2/c1-2-4-3(5)6/h3,5-6H,2H2,1H3. The molecule has 0 aromatic heterocycles. The zero-order valence-electron chi connectivity index (χ0n) is 3.59. The molecule has 38 valence electrons. The molecule has 0 bridgehead atoms. The second-order valence-electron chi connectivity index (χ2n) is 0.782. The summed E-state index contributed by atoms with van der Waals surface area (Å²) in [6.07, 6.45) is 0. The monoisotopic (exact) mass is 124 g/mol. The van der Waals surface area contributed by atoms with Gasteiger partial charge in [0.15, 0.2) is 0 Å². The summed E-state index contributed by atoms with van der Waals surface area (Å²) >= 11 is 7.64. The van der Waals surface area contributed by atoms with Crippen LogP contribution >= 0.6 is 25.3 Å². The van der Waals surface area contributed by atoms with Gasteiger partial charge in [-0.25, -0.2) is 0 Å². The maximum atomic E-state index is 4.77. The van der Waals surface area contributed by atoms with Gasteiger partial charge in [-0.3, -0.25) is 0 Å². The van der Waals surface area contributed by atoms with E-state index >= 15 is 0 Å². The van der Waals surface area contributed by atoms with Crippen molar-refractivity contribution in [3.63, 3.8) is 0 Å². The Bertz CT molecular complexity index is 30.0. The SMILES string of the molecule is CCOC(S)S. The molecule has 0 N–H and O–H groups in total. The molecule has 0 saturated carbocycles. The molecule has 0 amide bonds. The largest absolute Gasteiger partial charge is 0.358 e. The molecule has 0 aromatic carbocycles. The minimum absolute atomic E-state index is 0.213. The van der Waals surface area contributed by atoms with Gasteiger partial charge in [-0.2, -0.15) is 0 Å². The fraction of sp³-hybridized carbons (Fsp3) is 1.00. The second-order valence-corrected chi connectivity index (χ2v) is 2.13. The molecule has 1 nitrogen and oxygen atoms in total. The number of rotatable bonds is 2. The first-order valence-corrected chi connectivity index (χ1v) is 2.78. The van der Waals surface area contributed by atoms with Crippen LogP contribution in [0.15, 0.2) is 0 Å². The summed E-state index contributed by atoms with van der Waals surface area (Å²) in [4.78, 5) is 0. The smallest absolute Gasteiger partial charge is 0.144 e. The molecule has 0 unspecified atom stereocenters. The van der Waals surface area contributed by atoms with Crippen LogP contribution in [0.1, 0.15) is 6.92 Å². The van der Waals surface area contributed by atoms with E-state index in [9.17, 15) is 0 Å². The van der Waals surface area contributed by atoms with E-state index in [1.807, 2.05) is 6.92 Å². The van der Waals surface area contributed by atoms with Gasteiger partial charge in [0.2, 0.25) is 0 Å². The highest BCUT2D eigenvalue weighted by molar-refractivity contribution is 7.98. The van der Waals surface area contributed by atoms with Gasteiger partial charge in [0.05, 0.1) is 0 Å². The summed E-state index contributed by atoms with van der Waals surface area (Å²) < 4.78 is 4.56. The Morgan fingerprint density at radius 2 is 2.17 bits per heavy atom. The minimum Gasteiger partial charge on any atom is -0.358 e. The first kappa shape index (κ1) is 6.66. The zero-order valence-corrected chi connectivity index (χ0v) is 5.38. The summed E-state index contributed by atoms with van der Waals surface area (Å²) in [5.74, 6) is 0. The Morgan fingerprint density at radius 3 is 2.17 bits per heavy atom. The van der Waals surface area contributed by atoms with E-state index in [-0.39, 0.29) is 4.77 Å². The fourth-order valence-electron chi connectivity index (χ4n) is 0.149. The summed E-state index contributed by atoms with van der Waals surface area (Å²) in [6.45, 7) is 2.58. The molecule has 3 heteroatoms. The maximum Gasteiger partial charge on any atom is 0.144 e. The maximum absolute atomic E-state index is 4.77. The Balaban J connectivity index is 2.63. The highest BCUT2D eigenvalue weighted by Gasteiger charge is 1.85. The Labute approximate surface area is 48.9 Å². The lowest BCUT2D eigenvalue weighted by Crippen LogP contribution is -1.93. The average Bonchev–Trinajstić information content (AvgIpc) is 1.35. The van der Waals surface area contributed by atoms with E-state index in [0.717, 1.165) is 0 Å². The third-order valence-electron chi connectivity index (χ3n) is 0.316. The van der Waals surface area contributed by atoms with Crippen LogP contribution in [0.3, 0.4) is 0 Å². The molecule has 0 aliphatic rings. The van der Waals surface area contributed by atoms with Gasteiger partial charge < -0.3 is 4.74 Å². The summed E-state index contributed by atoms with van der Waals surface area (Å²) in [5.41, 5.74) is 0. The Morgan fingerprint density at radius 1 is 1.67 bits per heavy atom. The minimum atomic E-state index is -0.213. The number of ether oxygens (including phenoxy) is 1. The van der Waals surface area contributed by atoms with Crippen LogP contribution in [0.4, 0.5) is 0 Å². The van der Waals surface area contributed by atoms with E-state index < -0.39 is 0 Å². The second kappa shape index (κ2) is 3.84. The van der Waals surface area contributed by atoms with Crippen LogP contribution in [0.2, 0.25) is 0 Å². The zero-order chi connectivity index (χ0) is 4.99. The molecule has 0 aliphatic heterocycles. The highest BCUT2D eigenvalue weighted by Crippen LogP contribution is 1.99. The highest BCUT2D eigenvalue weighted by atomic mass is 32.2. The van der Waals surface area contributed by atoms with Crippen molar-refractivity contribution in [3.05, 3.63) is 0 Å². The summed E-state index contributed by atoms with van der Waals surface area (Å²) in [6, 6.07) is 0. The molecule has 0 radical (unpaired) electrons. The van der Waals surface area contributed by atoms with E-state index in [1.165, 1.54) is 0 Å². The van der Waals surface area contributed by atoms with Crippen molar-refractivity contribution >= 4 is 25.3 Å². The lowest BCUT2D eigenvalue weighted by molar-refractivity contribution is 0.180. The summed E-state index contributed by atoms with van der Waals surface area (Å²) in [5, 5.41) is 0. The van der Waals surface area contributed by atoms with Crippen LogP contribution < -0.4 is 0 Å². The predicted octanol–water partition coefficient (Wildman–Crippen LogP) is 1.17. The molecular formula is C3H8OS2. The van der Waals surface area contributed by atoms with Crippen molar-refractivity contribution < 1.29 is 4.74 Å². The van der Waals surface area contributed by atoms with Crippen LogP contribution in [-0.2, 0) is 4.74 Å². The molecule has 0 aromatic rings. The average molecular weight is 124 g/mol. The molecule has 0 saturated heterocycles. The Kier molecular flexibility index (Phi) is 4.26. The van der Waals surface area contributed by atoms with Crippen LogP contribution in [0, 0.1) is 0 Å². The van der Waals surface area contributed by atoms with Gasteiger partial charge in [0.1, 0.15) is 4.77 Å². The normalized spacial score (nSPS) is 10.0. The van der Waals surface area contributed by atoms with E-state index in [2.05, 4.69) is 25.3 Å². The first-order chi connectivity index (χ1) is 2.77. The molecular weight excluding hydrogens is 116 g/mol. The lowest BCUT2D eigenvalue weighted by Gasteiger charge is -1.98. The third kappa shape index (κ3) is 4.66. The van der Waals surface area contributed by atoms with Gasteiger partial charge in [0.25, 0.3) is 0 Å². The number of hydrogen-bond donors (Lipinski definition) is 2. The number of thiol groups is 2. The van der Waals surface area contributed by atoms with Gasteiger partial charge in [-0.15, -0.1) is 25.3 Å². The summed E-state index contributed by atoms with van der Waals surface area (Å²) in [7, 11) is 0. The molecule has 0 spiro atoms. The van der Waals surface area contributed by atoms with Gasteiger partial charge in [0, 0.05) is 6.61 Å². The van der Waals surface area contributed by atoms with Crippen molar-refractivity contribution in [2.45, 2.75) is 11.7 Å². The predicted molar refractivity (Wildman–Crippen MR) is 33.4 cm³/mol. The molecule has 0 rings (SSSR count). The fourth-order valence-corrected chi connectivity index (χ4v) is 0.447. The van der Waals surface area contributed by atoms with E-state index in [1.54, 1.807) is 0 Å². The van der Waals surface area contributed by atoms with Gasteiger partial charge in [-0.05, 0) is 6.92 Å². The molecule has 0 fully saturated rings. The van der Waals surface area contributed by atoms with Crippen LogP contribution in [-0.4, -0.2) is 11.4 Å².